The summed E-state index contributed by atoms with van der Waals surface area (Å²) in [5.41, 5.74) is 8.44. The van der Waals surface area contributed by atoms with Gasteiger partial charge in [-0.1, -0.05) is 48.2 Å². The molecule has 7 heteroatoms. The van der Waals surface area contributed by atoms with Crippen LogP contribution in [0.15, 0.2) is 53.7 Å². The number of aryl methyl sites for hydroxylation is 2. The summed E-state index contributed by atoms with van der Waals surface area (Å²) >= 11 is 1.28. The van der Waals surface area contributed by atoms with E-state index in [9.17, 15) is 4.79 Å². The molecule has 0 saturated carbocycles. The first-order valence-electron chi connectivity index (χ1n) is 8.62. The number of hydrogen-bond donors (Lipinski definition) is 1. The summed E-state index contributed by atoms with van der Waals surface area (Å²) in [6.07, 6.45) is 0. The Kier molecular flexibility index (Phi) is 5.81. The number of nitrogens with zero attached hydrogens (tertiary/aromatic N) is 3. The Bertz CT molecular complexity index is 920. The van der Waals surface area contributed by atoms with Crippen molar-refractivity contribution in [1.82, 2.24) is 14.8 Å². The average Bonchev–Trinajstić information content (AvgIpc) is 3.04. The molecule has 140 valence electrons. The Labute approximate surface area is 162 Å². The lowest BCUT2D eigenvalue weighted by Gasteiger charge is -2.14. The fourth-order valence-corrected chi connectivity index (χ4v) is 3.52. The number of aromatic nitrogens is 3. The fraction of sp³-hybridized carbons (Fsp3) is 0.250. The molecule has 1 heterocycles. The highest BCUT2D eigenvalue weighted by molar-refractivity contribution is 8.00. The van der Waals surface area contributed by atoms with E-state index in [0.717, 1.165) is 22.6 Å². The van der Waals surface area contributed by atoms with Crippen molar-refractivity contribution >= 4 is 17.7 Å². The van der Waals surface area contributed by atoms with Crippen molar-refractivity contribution in [3.05, 3.63) is 65.5 Å². The molecule has 0 aliphatic heterocycles. The van der Waals surface area contributed by atoms with E-state index in [0.29, 0.717) is 11.0 Å². The van der Waals surface area contributed by atoms with E-state index in [-0.39, 0.29) is 6.61 Å². The van der Waals surface area contributed by atoms with E-state index >= 15 is 0 Å². The number of carbonyl (C=O) groups is 1. The maximum atomic E-state index is 11.5. The van der Waals surface area contributed by atoms with Crippen LogP contribution >= 0.6 is 11.8 Å². The van der Waals surface area contributed by atoms with E-state index in [4.69, 9.17) is 10.5 Å². The minimum Gasteiger partial charge on any atom is -0.485 e. The zero-order valence-corrected chi connectivity index (χ0v) is 16.4. The summed E-state index contributed by atoms with van der Waals surface area (Å²) in [4.78, 5) is 11.5. The van der Waals surface area contributed by atoms with Crippen molar-refractivity contribution in [3.8, 4) is 11.4 Å². The van der Waals surface area contributed by atoms with Crippen LogP contribution in [-0.2, 0) is 11.4 Å². The number of primary amides is 1. The lowest BCUT2D eigenvalue weighted by Crippen LogP contribution is -2.23. The summed E-state index contributed by atoms with van der Waals surface area (Å²) in [7, 11) is 0. The van der Waals surface area contributed by atoms with Gasteiger partial charge < -0.3 is 10.5 Å². The van der Waals surface area contributed by atoms with Gasteiger partial charge in [0.15, 0.2) is 11.0 Å². The van der Waals surface area contributed by atoms with Crippen LogP contribution in [0.1, 0.15) is 23.9 Å². The van der Waals surface area contributed by atoms with E-state index < -0.39 is 11.2 Å². The first kappa shape index (κ1) is 19.0. The summed E-state index contributed by atoms with van der Waals surface area (Å²) in [5.74, 6) is 1.11. The second-order valence-electron chi connectivity index (χ2n) is 6.24. The van der Waals surface area contributed by atoms with Crippen LogP contribution in [0.3, 0.4) is 0 Å². The Morgan fingerprint density at radius 2 is 1.78 bits per heavy atom. The van der Waals surface area contributed by atoms with Crippen LogP contribution in [0.25, 0.3) is 5.69 Å². The van der Waals surface area contributed by atoms with E-state index in [1.54, 1.807) is 6.92 Å². The van der Waals surface area contributed by atoms with E-state index in [1.807, 2.05) is 66.9 Å². The molecule has 6 nitrogen and oxygen atoms in total. The number of hydrogen-bond acceptors (Lipinski definition) is 5. The molecule has 3 aromatic rings. The van der Waals surface area contributed by atoms with Crippen LogP contribution in [0.4, 0.5) is 0 Å². The summed E-state index contributed by atoms with van der Waals surface area (Å²) in [6.45, 7) is 6.04. The van der Waals surface area contributed by atoms with Crippen molar-refractivity contribution in [3.63, 3.8) is 0 Å². The van der Waals surface area contributed by atoms with Gasteiger partial charge >= 0.3 is 0 Å². The van der Waals surface area contributed by atoms with Crippen molar-refractivity contribution in [2.75, 3.05) is 0 Å². The van der Waals surface area contributed by atoms with Crippen LogP contribution < -0.4 is 10.5 Å². The molecule has 1 amide bonds. The number of carbonyl (C=O) groups excluding carboxylic acids is 1. The zero-order chi connectivity index (χ0) is 19.4. The second kappa shape index (κ2) is 8.26. The number of rotatable bonds is 7. The second-order valence-corrected chi connectivity index (χ2v) is 7.55. The summed E-state index contributed by atoms with van der Waals surface area (Å²) < 4.78 is 7.96. The molecule has 27 heavy (non-hydrogen) atoms. The first-order valence-corrected chi connectivity index (χ1v) is 9.50. The Morgan fingerprint density at radius 3 is 2.41 bits per heavy atom. The predicted octanol–water partition coefficient (Wildman–Crippen LogP) is 3.43. The summed E-state index contributed by atoms with van der Waals surface area (Å²) in [5, 5.41) is 8.75. The molecule has 2 aromatic carbocycles. The summed E-state index contributed by atoms with van der Waals surface area (Å²) in [6, 6.07) is 15.8. The third kappa shape index (κ3) is 4.31. The smallest absolute Gasteiger partial charge is 0.230 e. The Balaban J connectivity index is 1.93. The van der Waals surface area contributed by atoms with Crippen LogP contribution in [0, 0.1) is 13.8 Å². The van der Waals surface area contributed by atoms with Crippen molar-refractivity contribution in [2.45, 2.75) is 37.8 Å². The number of ether oxygens (including phenoxy) is 1. The molecule has 1 atom stereocenters. The van der Waals surface area contributed by atoms with Gasteiger partial charge in [-0.25, -0.2) is 0 Å². The number of amides is 1. The molecule has 0 unspecified atom stereocenters. The number of para-hydroxylation sites is 2. The lowest BCUT2D eigenvalue weighted by atomic mass is 10.1. The lowest BCUT2D eigenvalue weighted by molar-refractivity contribution is -0.117. The zero-order valence-electron chi connectivity index (χ0n) is 15.5. The Hall–Kier alpha value is -2.80. The molecule has 2 N–H and O–H groups in total. The van der Waals surface area contributed by atoms with Gasteiger partial charge in [-0.2, -0.15) is 0 Å². The third-order valence-electron chi connectivity index (χ3n) is 4.15. The van der Waals surface area contributed by atoms with Gasteiger partial charge in [-0.05, 0) is 44.0 Å². The van der Waals surface area contributed by atoms with Crippen LogP contribution in [-0.4, -0.2) is 25.9 Å². The minimum absolute atomic E-state index is 0.263. The van der Waals surface area contributed by atoms with Gasteiger partial charge in [0.25, 0.3) is 0 Å². The molecule has 0 fully saturated rings. The monoisotopic (exact) mass is 382 g/mol. The molecule has 0 spiro atoms. The maximum absolute atomic E-state index is 11.5. The molecule has 0 aliphatic carbocycles. The van der Waals surface area contributed by atoms with Gasteiger partial charge in [-0.3, -0.25) is 9.36 Å². The van der Waals surface area contributed by atoms with Crippen LogP contribution in [0.2, 0.25) is 0 Å². The first-order chi connectivity index (χ1) is 13.0. The normalized spacial score (nSPS) is 12.0. The van der Waals surface area contributed by atoms with Gasteiger partial charge in [0, 0.05) is 5.69 Å². The van der Waals surface area contributed by atoms with Gasteiger partial charge in [0.05, 0.1) is 5.25 Å². The van der Waals surface area contributed by atoms with Crippen LogP contribution in [0.5, 0.6) is 5.75 Å². The number of thioether (sulfide) groups is 1. The number of benzene rings is 2. The SMILES string of the molecule is Cc1cccc(C)c1OCc1nnc(S[C@H](C)C(N)=O)n1-c1ccccc1. The predicted molar refractivity (Wildman–Crippen MR) is 106 cm³/mol. The minimum atomic E-state index is -0.413. The third-order valence-corrected chi connectivity index (χ3v) is 5.21. The van der Waals surface area contributed by atoms with E-state index in [2.05, 4.69) is 10.2 Å². The number of nitrogens with two attached hydrogens (primary N) is 1. The Morgan fingerprint density at radius 1 is 1.11 bits per heavy atom. The molecular weight excluding hydrogens is 360 g/mol. The quantitative estimate of drug-likeness (QED) is 0.633. The maximum Gasteiger partial charge on any atom is 0.230 e. The molecule has 1 aromatic heterocycles. The molecule has 3 rings (SSSR count). The standard InChI is InChI=1S/C20H22N4O2S/c1-13-8-7-9-14(2)18(13)26-12-17-22-23-20(27-15(3)19(21)25)24(17)16-10-5-4-6-11-16/h4-11,15H,12H2,1-3H3,(H2,21,25)/t15-/m1/s1. The largest absolute Gasteiger partial charge is 0.485 e. The molecule has 0 aliphatic rings. The average molecular weight is 382 g/mol. The van der Waals surface area contributed by atoms with E-state index in [1.165, 1.54) is 11.8 Å². The fourth-order valence-electron chi connectivity index (χ4n) is 2.69. The topological polar surface area (TPSA) is 83.0 Å². The van der Waals surface area contributed by atoms with Gasteiger partial charge in [-0.15, -0.1) is 10.2 Å². The molecular formula is C20H22N4O2S. The molecule has 0 saturated heterocycles. The molecule has 0 bridgehead atoms. The van der Waals surface area contributed by atoms with Gasteiger partial charge in [0.2, 0.25) is 5.91 Å². The highest BCUT2D eigenvalue weighted by Gasteiger charge is 2.20. The van der Waals surface area contributed by atoms with Crippen molar-refractivity contribution in [1.29, 1.82) is 0 Å². The van der Waals surface area contributed by atoms with Crippen molar-refractivity contribution in [2.24, 2.45) is 5.73 Å². The van der Waals surface area contributed by atoms with Crippen molar-refractivity contribution < 1.29 is 9.53 Å². The molecule has 0 radical (unpaired) electrons. The highest BCUT2D eigenvalue weighted by atomic mass is 32.2. The highest BCUT2D eigenvalue weighted by Crippen LogP contribution is 2.27. The van der Waals surface area contributed by atoms with Gasteiger partial charge in [0.1, 0.15) is 12.4 Å².